The molecular formula is C17H23F3N4O4. The molecule has 28 heavy (non-hydrogen) atoms. The summed E-state index contributed by atoms with van der Waals surface area (Å²) in [6, 6.07) is 1.84. The zero-order valence-electron chi connectivity index (χ0n) is 15.5. The first-order chi connectivity index (χ1) is 13.2. The maximum atomic E-state index is 11.9. The Morgan fingerprint density at radius 3 is 2.21 bits per heavy atom. The number of nitrogens with zero attached hydrogens (tertiary/aromatic N) is 4. The lowest BCUT2D eigenvalue weighted by atomic mass is 9.78. The third-order valence-electron chi connectivity index (χ3n) is 4.96. The third-order valence-corrected chi connectivity index (χ3v) is 4.96. The second kappa shape index (κ2) is 9.18. The van der Waals surface area contributed by atoms with Crippen molar-refractivity contribution in [2.45, 2.75) is 25.4 Å². The van der Waals surface area contributed by atoms with Crippen LogP contribution in [0.25, 0.3) is 0 Å². The maximum Gasteiger partial charge on any atom is 0.490 e. The highest BCUT2D eigenvalue weighted by Crippen LogP contribution is 2.41. The molecule has 156 valence electrons. The number of aromatic nitrogens is 2. The molecule has 2 saturated heterocycles. The van der Waals surface area contributed by atoms with Crippen molar-refractivity contribution >= 4 is 17.8 Å². The van der Waals surface area contributed by atoms with Crippen molar-refractivity contribution in [3.63, 3.8) is 0 Å². The van der Waals surface area contributed by atoms with Gasteiger partial charge in [0.2, 0.25) is 11.9 Å². The fourth-order valence-electron chi connectivity index (χ4n) is 3.41. The number of anilines is 1. The number of alkyl halides is 3. The number of carboxylic acids is 1. The summed E-state index contributed by atoms with van der Waals surface area (Å²) in [4.78, 5) is 33.6. The highest BCUT2D eigenvalue weighted by Gasteiger charge is 2.42. The summed E-state index contributed by atoms with van der Waals surface area (Å²) in [5.74, 6) is -1.83. The summed E-state index contributed by atoms with van der Waals surface area (Å²) >= 11 is 0. The number of carbonyl (C=O) groups excluding carboxylic acids is 1. The van der Waals surface area contributed by atoms with Gasteiger partial charge in [-0.05, 0) is 30.7 Å². The molecule has 8 nitrogen and oxygen atoms in total. The van der Waals surface area contributed by atoms with E-state index in [-0.39, 0.29) is 12.5 Å². The molecule has 2 aliphatic rings. The Morgan fingerprint density at radius 2 is 1.71 bits per heavy atom. The molecule has 3 heterocycles. The monoisotopic (exact) mass is 404 g/mol. The second-order valence-corrected chi connectivity index (χ2v) is 6.84. The molecular weight excluding hydrogens is 381 g/mol. The number of methoxy groups -OCH3 is 1. The normalized spacial score (nSPS) is 18.6. The predicted octanol–water partition coefficient (Wildman–Crippen LogP) is 1.58. The number of halogens is 3. The summed E-state index contributed by atoms with van der Waals surface area (Å²) in [6.07, 6.45) is 1.79. The van der Waals surface area contributed by atoms with Gasteiger partial charge in [-0.3, -0.25) is 4.79 Å². The number of hydrogen-bond donors (Lipinski definition) is 1. The van der Waals surface area contributed by atoms with Gasteiger partial charge in [0.15, 0.2) is 0 Å². The first kappa shape index (κ1) is 21.9. The Kier molecular flexibility index (Phi) is 7.17. The molecule has 0 atom stereocenters. The smallest absolute Gasteiger partial charge is 0.475 e. The molecule has 1 aromatic heterocycles. The van der Waals surface area contributed by atoms with Gasteiger partial charge in [0.1, 0.15) is 6.61 Å². The fraction of sp³-hybridized carbons (Fsp3) is 0.647. The molecule has 0 aromatic carbocycles. The topological polar surface area (TPSA) is 95.9 Å². The van der Waals surface area contributed by atoms with E-state index >= 15 is 0 Å². The number of aliphatic carboxylic acids is 1. The Balaban J connectivity index is 0.000000345. The standard InChI is InChI=1S/C15H22N4O2.C2HF3O2/c1-21-11-13(20)18-8-3-15(4-9-18)5-10-19(12-15)14-16-6-2-7-17-14;3-2(4,5)1(6)7/h2,6-7H,3-5,8-12H2,1H3;(H,6,7). The SMILES string of the molecule is COCC(=O)N1CCC2(CC1)CCN(c1ncccn1)C2.O=C(O)C(F)(F)F. The lowest BCUT2D eigenvalue weighted by molar-refractivity contribution is -0.192. The molecule has 0 radical (unpaired) electrons. The summed E-state index contributed by atoms with van der Waals surface area (Å²) in [5.41, 5.74) is 0.322. The first-order valence-electron chi connectivity index (χ1n) is 8.76. The summed E-state index contributed by atoms with van der Waals surface area (Å²) in [7, 11) is 1.57. The van der Waals surface area contributed by atoms with Gasteiger partial charge in [-0.1, -0.05) is 0 Å². The van der Waals surface area contributed by atoms with Crippen LogP contribution in [-0.2, 0) is 14.3 Å². The van der Waals surface area contributed by atoms with Crippen molar-refractivity contribution in [2.24, 2.45) is 5.41 Å². The molecule has 0 bridgehead atoms. The van der Waals surface area contributed by atoms with E-state index in [0.29, 0.717) is 5.41 Å². The Bertz CT molecular complexity index is 664. The van der Waals surface area contributed by atoms with Gasteiger partial charge in [0.25, 0.3) is 0 Å². The van der Waals surface area contributed by atoms with Crippen LogP contribution in [0.15, 0.2) is 18.5 Å². The molecule has 1 amide bonds. The van der Waals surface area contributed by atoms with Crippen molar-refractivity contribution < 1.29 is 32.6 Å². The molecule has 1 spiro atoms. The minimum Gasteiger partial charge on any atom is -0.475 e. The van der Waals surface area contributed by atoms with Crippen LogP contribution in [-0.4, -0.2) is 77.9 Å². The van der Waals surface area contributed by atoms with Crippen LogP contribution >= 0.6 is 0 Å². The van der Waals surface area contributed by atoms with Gasteiger partial charge < -0.3 is 19.6 Å². The highest BCUT2D eigenvalue weighted by molar-refractivity contribution is 5.77. The van der Waals surface area contributed by atoms with E-state index < -0.39 is 12.1 Å². The van der Waals surface area contributed by atoms with Gasteiger partial charge in [0.05, 0.1) is 0 Å². The lowest BCUT2D eigenvalue weighted by Gasteiger charge is -2.39. The van der Waals surface area contributed by atoms with Crippen molar-refractivity contribution in [3.05, 3.63) is 18.5 Å². The molecule has 0 aliphatic carbocycles. The van der Waals surface area contributed by atoms with Crippen LogP contribution in [0.2, 0.25) is 0 Å². The molecule has 0 saturated carbocycles. The van der Waals surface area contributed by atoms with Crippen LogP contribution in [0.5, 0.6) is 0 Å². The number of rotatable bonds is 3. The van der Waals surface area contributed by atoms with Crippen LogP contribution < -0.4 is 4.90 Å². The van der Waals surface area contributed by atoms with E-state index in [1.165, 1.54) is 0 Å². The molecule has 0 unspecified atom stereocenters. The van der Waals surface area contributed by atoms with E-state index in [4.69, 9.17) is 14.6 Å². The average Bonchev–Trinajstić information content (AvgIpc) is 3.07. The minimum absolute atomic E-state index is 0.105. The fourth-order valence-corrected chi connectivity index (χ4v) is 3.41. The number of ether oxygens (including phenoxy) is 1. The van der Waals surface area contributed by atoms with Crippen LogP contribution in [0.4, 0.5) is 19.1 Å². The van der Waals surface area contributed by atoms with Crippen molar-refractivity contribution in [1.29, 1.82) is 0 Å². The summed E-state index contributed by atoms with van der Waals surface area (Å²) in [6.45, 7) is 3.88. The number of carboxylic acid groups (broad SMARTS) is 1. The number of hydrogen-bond acceptors (Lipinski definition) is 6. The second-order valence-electron chi connectivity index (χ2n) is 6.84. The van der Waals surface area contributed by atoms with Gasteiger partial charge in [-0.2, -0.15) is 13.2 Å². The molecule has 2 aliphatic heterocycles. The molecule has 1 N–H and O–H groups in total. The molecule has 1 aromatic rings. The van der Waals surface area contributed by atoms with E-state index in [0.717, 1.165) is 51.4 Å². The predicted molar refractivity (Wildman–Crippen MR) is 92.7 cm³/mol. The van der Waals surface area contributed by atoms with Crippen LogP contribution in [0, 0.1) is 5.41 Å². The largest absolute Gasteiger partial charge is 0.490 e. The molecule has 3 rings (SSSR count). The molecule has 2 fully saturated rings. The van der Waals surface area contributed by atoms with E-state index in [1.54, 1.807) is 19.5 Å². The summed E-state index contributed by atoms with van der Waals surface area (Å²) in [5, 5.41) is 7.12. The third kappa shape index (κ3) is 5.78. The number of likely N-dealkylation sites (tertiary alicyclic amines) is 1. The van der Waals surface area contributed by atoms with Crippen LogP contribution in [0.3, 0.4) is 0 Å². The Morgan fingerprint density at radius 1 is 1.18 bits per heavy atom. The van der Waals surface area contributed by atoms with Gasteiger partial charge in [-0.25, -0.2) is 14.8 Å². The average molecular weight is 404 g/mol. The minimum atomic E-state index is -5.08. The number of piperidine rings is 1. The first-order valence-corrected chi connectivity index (χ1v) is 8.76. The highest BCUT2D eigenvalue weighted by atomic mass is 19.4. The van der Waals surface area contributed by atoms with Gasteiger partial charge >= 0.3 is 12.1 Å². The van der Waals surface area contributed by atoms with Crippen molar-refractivity contribution in [2.75, 3.05) is 44.8 Å². The van der Waals surface area contributed by atoms with Crippen molar-refractivity contribution in [3.8, 4) is 0 Å². The maximum absolute atomic E-state index is 11.9. The van der Waals surface area contributed by atoms with Gasteiger partial charge in [-0.15, -0.1) is 0 Å². The number of carbonyl (C=O) groups is 2. The Labute approximate surface area is 160 Å². The quantitative estimate of drug-likeness (QED) is 0.817. The van der Waals surface area contributed by atoms with Crippen molar-refractivity contribution in [1.82, 2.24) is 14.9 Å². The summed E-state index contributed by atoms with van der Waals surface area (Å²) < 4.78 is 36.7. The van der Waals surface area contributed by atoms with Gasteiger partial charge in [0, 0.05) is 45.7 Å². The van der Waals surface area contributed by atoms with E-state index in [9.17, 15) is 18.0 Å². The van der Waals surface area contributed by atoms with E-state index in [2.05, 4.69) is 14.9 Å². The Hall–Kier alpha value is -2.43. The lowest BCUT2D eigenvalue weighted by Crippen LogP contribution is -2.45. The molecule has 11 heteroatoms. The van der Waals surface area contributed by atoms with Crippen LogP contribution in [0.1, 0.15) is 19.3 Å². The number of amides is 1. The zero-order chi connectivity index (χ0) is 20.8. The zero-order valence-corrected chi connectivity index (χ0v) is 15.5. The van der Waals surface area contributed by atoms with E-state index in [1.807, 2.05) is 11.0 Å².